The number of thioether (sulfide) groups is 1. The van der Waals surface area contributed by atoms with Gasteiger partial charge in [0.1, 0.15) is 23.7 Å². The maximum absolute atomic E-state index is 6.38. The standard InChI is InChI=1S/C12H13N5OS/c1-18-8-4-2-7(3-5-8)12(14)17-11-9(19-12)10(13)15-6-16-11/h2-6H,14H2,1H3,(H3,13,15,16,17). The Hall–Kier alpha value is -1.99. The lowest BCUT2D eigenvalue weighted by Gasteiger charge is -2.24. The number of nitrogens with one attached hydrogen (secondary N) is 1. The molecule has 0 saturated heterocycles. The third-order valence-corrected chi connectivity index (χ3v) is 4.18. The van der Waals surface area contributed by atoms with Gasteiger partial charge in [-0.05, 0) is 12.1 Å². The van der Waals surface area contributed by atoms with Crippen molar-refractivity contribution in [2.75, 3.05) is 18.2 Å². The van der Waals surface area contributed by atoms with Crippen molar-refractivity contribution in [1.29, 1.82) is 0 Å². The first-order chi connectivity index (χ1) is 9.12. The van der Waals surface area contributed by atoms with Gasteiger partial charge >= 0.3 is 0 Å². The molecule has 1 unspecified atom stereocenters. The minimum absolute atomic E-state index is 0.434. The predicted molar refractivity (Wildman–Crippen MR) is 74.8 cm³/mol. The van der Waals surface area contributed by atoms with Crippen molar-refractivity contribution in [3.05, 3.63) is 36.2 Å². The molecule has 0 radical (unpaired) electrons. The zero-order valence-electron chi connectivity index (χ0n) is 10.3. The van der Waals surface area contributed by atoms with Crippen molar-refractivity contribution in [1.82, 2.24) is 9.97 Å². The van der Waals surface area contributed by atoms with E-state index in [9.17, 15) is 0 Å². The number of hydrogen-bond donors (Lipinski definition) is 3. The largest absolute Gasteiger partial charge is 0.497 e. The lowest BCUT2D eigenvalue weighted by molar-refractivity contribution is 0.414. The van der Waals surface area contributed by atoms with Gasteiger partial charge in [0, 0.05) is 5.56 Å². The van der Waals surface area contributed by atoms with Gasteiger partial charge in [-0.3, -0.25) is 5.73 Å². The molecule has 98 valence electrons. The maximum atomic E-state index is 6.38. The molecule has 1 atom stereocenters. The smallest absolute Gasteiger partial charge is 0.167 e. The summed E-state index contributed by atoms with van der Waals surface area (Å²) in [6, 6.07) is 7.55. The fraction of sp³-hybridized carbons (Fsp3) is 0.167. The van der Waals surface area contributed by atoms with Crippen LogP contribution in [0.2, 0.25) is 0 Å². The second-order valence-electron chi connectivity index (χ2n) is 4.13. The average molecular weight is 275 g/mol. The zero-order chi connectivity index (χ0) is 13.5. The summed E-state index contributed by atoms with van der Waals surface area (Å²) in [5.41, 5.74) is 13.1. The highest BCUT2D eigenvalue weighted by atomic mass is 32.2. The molecule has 1 aliphatic rings. The molecule has 2 aromatic rings. The van der Waals surface area contributed by atoms with E-state index in [0.717, 1.165) is 16.2 Å². The Morgan fingerprint density at radius 3 is 2.63 bits per heavy atom. The maximum Gasteiger partial charge on any atom is 0.167 e. The lowest BCUT2D eigenvalue weighted by atomic mass is 10.1. The predicted octanol–water partition coefficient (Wildman–Crippen LogP) is 1.35. The molecule has 0 spiro atoms. The van der Waals surface area contributed by atoms with E-state index in [1.165, 1.54) is 18.1 Å². The Morgan fingerprint density at radius 1 is 1.26 bits per heavy atom. The number of anilines is 2. The fourth-order valence-electron chi connectivity index (χ4n) is 1.91. The van der Waals surface area contributed by atoms with Crippen LogP contribution in [0.25, 0.3) is 0 Å². The second kappa shape index (κ2) is 4.29. The second-order valence-corrected chi connectivity index (χ2v) is 5.38. The molecule has 6 nitrogen and oxygen atoms in total. The molecular formula is C12H13N5OS. The summed E-state index contributed by atoms with van der Waals surface area (Å²) in [5.74, 6) is 1.88. The quantitative estimate of drug-likeness (QED) is 0.760. The lowest BCUT2D eigenvalue weighted by Crippen LogP contribution is -2.38. The van der Waals surface area contributed by atoms with Crippen LogP contribution in [0.5, 0.6) is 5.75 Å². The zero-order valence-corrected chi connectivity index (χ0v) is 11.1. The Balaban J connectivity index is 1.96. The number of nitrogens with two attached hydrogens (primary N) is 2. The molecule has 2 heterocycles. The van der Waals surface area contributed by atoms with Crippen LogP contribution >= 0.6 is 11.8 Å². The molecule has 0 saturated carbocycles. The Labute approximate surface area is 114 Å². The van der Waals surface area contributed by atoms with Gasteiger partial charge in [0.2, 0.25) is 0 Å². The molecule has 1 aliphatic heterocycles. The topological polar surface area (TPSA) is 99.1 Å². The van der Waals surface area contributed by atoms with Crippen LogP contribution in [0.1, 0.15) is 5.56 Å². The highest BCUT2D eigenvalue weighted by molar-refractivity contribution is 8.01. The minimum atomic E-state index is -0.793. The number of fused-ring (bicyclic) bond motifs is 1. The number of benzene rings is 1. The first-order valence-electron chi connectivity index (χ1n) is 5.63. The molecule has 1 aromatic carbocycles. The average Bonchev–Trinajstić information content (AvgIpc) is 2.78. The van der Waals surface area contributed by atoms with Crippen molar-refractivity contribution in [3.8, 4) is 5.75 Å². The van der Waals surface area contributed by atoms with E-state index in [0.29, 0.717) is 11.6 Å². The summed E-state index contributed by atoms with van der Waals surface area (Å²) in [6.45, 7) is 0. The van der Waals surface area contributed by atoms with Gasteiger partial charge in [-0.25, -0.2) is 9.97 Å². The van der Waals surface area contributed by atoms with Gasteiger partial charge in [-0.2, -0.15) is 0 Å². The van der Waals surface area contributed by atoms with Crippen LogP contribution in [0.4, 0.5) is 11.6 Å². The van der Waals surface area contributed by atoms with Gasteiger partial charge < -0.3 is 15.8 Å². The minimum Gasteiger partial charge on any atom is -0.497 e. The van der Waals surface area contributed by atoms with Gasteiger partial charge in [0.15, 0.2) is 4.99 Å². The Bertz CT molecular complexity index is 618. The van der Waals surface area contributed by atoms with Crippen LogP contribution in [-0.4, -0.2) is 17.1 Å². The molecule has 7 heteroatoms. The summed E-state index contributed by atoms with van der Waals surface area (Å²) in [6.07, 6.45) is 1.42. The van der Waals surface area contributed by atoms with Gasteiger partial charge in [-0.1, -0.05) is 23.9 Å². The molecule has 0 aliphatic carbocycles. The van der Waals surface area contributed by atoms with E-state index >= 15 is 0 Å². The monoisotopic (exact) mass is 275 g/mol. The van der Waals surface area contributed by atoms with E-state index in [2.05, 4.69) is 15.3 Å². The number of nitrogen functional groups attached to an aromatic ring is 1. The fourth-order valence-corrected chi connectivity index (χ4v) is 2.99. The van der Waals surface area contributed by atoms with Crippen LogP contribution in [-0.2, 0) is 4.99 Å². The normalized spacial score (nSPS) is 20.7. The summed E-state index contributed by atoms with van der Waals surface area (Å²) in [4.78, 5) is 8.10. The van der Waals surface area contributed by atoms with E-state index in [-0.39, 0.29) is 0 Å². The van der Waals surface area contributed by atoms with Gasteiger partial charge in [0.25, 0.3) is 0 Å². The van der Waals surface area contributed by atoms with E-state index in [1.807, 2.05) is 24.3 Å². The molecule has 19 heavy (non-hydrogen) atoms. The molecule has 3 rings (SSSR count). The Morgan fingerprint density at radius 2 is 2.00 bits per heavy atom. The van der Waals surface area contributed by atoms with Gasteiger partial charge in [0.05, 0.1) is 12.0 Å². The SMILES string of the molecule is COc1ccc(C2(N)Nc3ncnc(N)c3S2)cc1. The number of ether oxygens (including phenoxy) is 1. The summed E-state index contributed by atoms with van der Waals surface area (Å²) in [7, 11) is 1.63. The first kappa shape index (κ1) is 12.1. The van der Waals surface area contributed by atoms with E-state index in [4.69, 9.17) is 16.2 Å². The summed E-state index contributed by atoms with van der Waals surface area (Å²) < 4.78 is 5.14. The third kappa shape index (κ3) is 1.96. The highest BCUT2D eigenvalue weighted by Gasteiger charge is 2.38. The molecular weight excluding hydrogens is 262 g/mol. The number of methoxy groups -OCH3 is 1. The van der Waals surface area contributed by atoms with Crippen LogP contribution in [0.15, 0.2) is 35.5 Å². The third-order valence-electron chi connectivity index (χ3n) is 2.92. The van der Waals surface area contributed by atoms with Crippen molar-refractivity contribution < 1.29 is 4.74 Å². The first-order valence-corrected chi connectivity index (χ1v) is 6.45. The molecule has 1 aromatic heterocycles. The molecule has 0 amide bonds. The number of hydrogen-bond acceptors (Lipinski definition) is 7. The van der Waals surface area contributed by atoms with Crippen molar-refractivity contribution >= 4 is 23.4 Å². The van der Waals surface area contributed by atoms with Crippen LogP contribution in [0.3, 0.4) is 0 Å². The van der Waals surface area contributed by atoms with Crippen molar-refractivity contribution in [2.45, 2.75) is 9.89 Å². The van der Waals surface area contributed by atoms with Crippen LogP contribution in [0, 0.1) is 0 Å². The summed E-state index contributed by atoms with van der Waals surface area (Å²) >= 11 is 1.41. The molecule has 0 bridgehead atoms. The molecule has 5 N–H and O–H groups in total. The highest BCUT2D eigenvalue weighted by Crippen LogP contribution is 2.48. The van der Waals surface area contributed by atoms with Crippen molar-refractivity contribution in [3.63, 3.8) is 0 Å². The van der Waals surface area contributed by atoms with E-state index < -0.39 is 4.99 Å². The van der Waals surface area contributed by atoms with E-state index in [1.54, 1.807) is 7.11 Å². The Kier molecular flexibility index (Phi) is 2.72. The molecule has 0 fully saturated rings. The number of nitrogens with zero attached hydrogens (tertiary/aromatic N) is 2. The van der Waals surface area contributed by atoms with Crippen molar-refractivity contribution in [2.24, 2.45) is 5.73 Å². The van der Waals surface area contributed by atoms with Gasteiger partial charge in [-0.15, -0.1) is 0 Å². The number of aromatic nitrogens is 2. The summed E-state index contributed by atoms with van der Waals surface area (Å²) in [5, 5.41) is 3.17. The van der Waals surface area contributed by atoms with Crippen LogP contribution < -0.4 is 21.5 Å². The number of rotatable bonds is 2.